The molecular formula is C15H15NO4. The van der Waals surface area contributed by atoms with Gasteiger partial charge in [0.2, 0.25) is 5.88 Å². The lowest BCUT2D eigenvalue weighted by Gasteiger charge is -2.17. The molecule has 5 heteroatoms. The van der Waals surface area contributed by atoms with Crippen molar-refractivity contribution < 1.29 is 19.7 Å². The molecule has 0 radical (unpaired) electrons. The Morgan fingerprint density at radius 3 is 2.60 bits per heavy atom. The minimum atomic E-state index is -1.96. The Morgan fingerprint density at radius 1 is 1.30 bits per heavy atom. The van der Waals surface area contributed by atoms with Crippen LogP contribution in [0.3, 0.4) is 0 Å². The van der Waals surface area contributed by atoms with Gasteiger partial charge >= 0.3 is 5.97 Å². The molecule has 104 valence electrons. The van der Waals surface area contributed by atoms with Crippen molar-refractivity contribution in [2.45, 2.75) is 19.4 Å². The monoisotopic (exact) mass is 273 g/mol. The first-order chi connectivity index (χ1) is 9.39. The van der Waals surface area contributed by atoms with Crippen LogP contribution in [0.4, 0.5) is 0 Å². The summed E-state index contributed by atoms with van der Waals surface area (Å²) in [6, 6.07) is 10.5. The lowest BCUT2D eigenvalue weighted by molar-refractivity contribution is -0.157. The minimum absolute atomic E-state index is 0.196. The van der Waals surface area contributed by atoms with E-state index in [1.165, 1.54) is 25.3 Å². The van der Waals surface area contributed by atoms with Crippen LogP contribution in [-0.4, -0.2) is 21.2 Å². The summed E-state index contributed by atoms with van der Waals surface area (Å²) in [5, 5.41) is 18.7. The van der Waals surface area contributed by atoms with Gasteiger partial charge in [0.1, 0.15) is 5.75 Å². The number of carboxylic acids is 1. The molecule has 1 atom stereocenters. The fourth-order valence-corrected chi connectivity index (χ4v) is 1.65. The molecule has 0 aliphatic carbocycles. The van der Waals surface area contributed by atoms with Crippen molar-refractivity contribution >= 4 is 5.97 Å². The number of aliphatic carboxylic acids is 1. The van der Waals surface area contributed by atoms with E-state index in [0.29, 0.717) is 11.6 Å². The van der Waals surface area contributed by atoms with Crippen LogP contribution in [0.5, 0.6) is 11.6 Å². The van der Waals surface area contributed by atoms with E-state index in [1.807, 2.05) is 25.1 Å². The Hall–Kier alpha value is -2.40. The Balaban J connectivity index is 2.19. The van der Waals surface area contributed by atoms with Crippen LogP contribution in [0, 0.1) is 6.92 Å². The summed E-state index contributed by atoms with van der Waals surface area (Å²) < 4.78 is 5.55. The zero-order valence-corrected chi connectivity index (χ0v) is 11.2. The number of aryl methyl sites for hydroxylation is 1. The number of aliphatic hydroxyl groups is 1. The van der Waals surface area contributed by atoms with Crippen LogP contribution in [0.2, 0.25) is 0 Å². The summed E-state index contributed by atoms with van der Waals surface area (Å²) in [4.78, 5) is 14.9. The van der Waals surface area contributed by atoms with Gasteiger partial charge in [0.15, 0.2) is 5.60 Å². The normalized spacial score (nSPS) is 13.6. The lowest BCUT2D eigenvalue weighted by Crippen LogP contribution is -2.31. The Labute approximate surface area is 116 Å². The molecule has 0 bridgehead atoms. The van der Waals surface area contributed by atoms with E-state index in [2.05, 4.69) is 4.98 Å². The van der Waals surface area contributed by atoms with Crippen molar-refractivity contribution in [2.24, 2.45) is 0 Å². The van der Waals surface area contributed by atoms with Gasteiger partial charge in [-0.25, -0.2) is 9.78 Å². The number of hydrogen-bond donors (Lipinski definition) is 2. The molecule has 2 N–H and O–H groups in total. The summed E-state index contributed by atoms with van der Waals surface area (Å²) in [6.45, 7) is 3.15. The van der Waals surface area contributed by atoms with Crippen molar-refractivity contribution in [3.8, 4) is 11.6 Å². The largest absolute Gasteiger partial charge is 0.479 e. The van der Waals surface area contributed by atoms with Crippen LogP contribution in [0.1, 0.15) is 18.1 Å². The molecular weight excluding hydrogens is 258 g/mol. The van der Waals surface area contributed by atoms with Crippen molar-refractivity contribution in [1.29, 1.82) is 0 Å². The SMILES string of the molecule is Cc1cccc(Oc2ccc(C(C)(O)C(=O)O)cn2)c1. The van der Waals surface area contributed by atoms with Gasteiger partial charge < -0.3 is 14.9 Å². The third kappa shape index (κ3) is 2.95. The molecule has 5 nitrogen and oxygen atoms in total. The summed E-state index contributed by atoms with van der Waals surface area (Å²) in [5.41, 5.74) is -0.705. The lowest BCUT2D eigenvalue weighted by atomic mass is 9.98. The molecule has 1 heterocycles. The average molecular weight is 273 g/mol. The number of carboxylic acid groups (broad SMARTS) is 1. The second kappa shape index (κ2) is 5.30. The Morgan fingerprint density at radius 2 is 2.05 bits per heavy atom. The van der Waals surface area contributed by atoms with E-state index < -0.39 is 11.6 Å². The number of pyridine rings is 1. The number of ether oxygens (including phenoxy) is 1. The molecule has 0 spiro atoms. The Bertz CT molecular complexity index is 620. The smallest absolute Gasteiger partial charge is 0.340 e. The average Bonchev–Trinajstić information content (AvgIpc) is 2.39. The summed E-state index contributed by atoms with van der Waals surface area (Å²) in [5.74, 6) is -0.345. The van der Waals surface area contributed by atoms with E-state index in [9.17, 15) is 9.90 Å². The van der Waals surface area contributed by atoms with Crippen LogP contribution < -0.4 is 4.74 Å². The second-order valence-electron chi connectivity index (χ2n) is 4.68. The number of aromatic nitrogens is 1. The quantitative estimate of drug-likeness (QED) is 0.894. The molecule has 1 aromatic heterocycles. The maximum Gasteiger partial charge on any atom is 0.340 e. The molecule has 0 aliphatic heterocycles. The highest BCUT2D eigenvalue weighted by molar-refractivity contribution is 5.78. The van der Waals surface area contributed by atoms with Gasteiger partial charge in [-0.3, -0.25) is 0 Å². The maximum atomic E-state index is 10.9. The Kier molecular flexibility index (Phi) is 3.72. The van der Waals surface area contributed by atoms with E-state index >= 15 is 0 Å². The predicted molar refractivity (Wildman–Crippen MR) is 72.7 cm³/mol. The summed E-state index contributed by atoms with van der Waals surface area (Å²) in [7, 11) is 0. The van der Waals surface area contributed by atoms with Gasteiger partial charge in [0.05, 0.1) is 0 Å². The minimum Gasteiger partial charge on any atom is -0.479 e. The van der Waals surface area contributed by atoms with Crippen molar-refractivity contribution in [2.75, 3.05) is 0 Å². The van der Waals surface area contributed by atoms with E-state index in [-0.39, 0.29) is 5.56 Å². The zero-order chi connectivity index (χ0) is 14.8. The van der Waals surface area contributed by atoms with Crippen LogP contribution >= 0.6 is 0 Å². The third-order valence-corrected chi connectivity index (χ3v) is 2.93. The predicted octanol–water partition coefficient (Wildman–Crippen LogP) is 2.47. The summed E-state index contributed by atoms with van der Waals surface area (Å²) in [6.07, 6.45) is 1.29. The molecule has 0 saturated carbocycles. The molecule has 1 unspecified atom stereocenters. The molecule has 1 aromatic carbocycles. The molecule has 0 aliphatic rings. The van der Waals surface area contributed by atoms with E-state index in [4.69, 9.17) is 9.84 Å². The third-order valence-electron chi connectivity index (χ3n) is 2.93. The van der Waals surface area contributed by atoms with Gasteiger partial charge in [-0.05, 0) is 37.6 Å². The van der Waals surface area contributed by atoms with E-state index in [1.54, 1.807) is 6.07 Å². The molecule has 2 rings (SSSR count). The second-order valence-corrected chi connectivity index (χ2v) is 4.68. The first kappa shape index (κ1) is 14.0. The number of carbonyl (C=O) groups is 1. The highest BCUT2D eigenvalue weighted by Gasteiger charge is 2.32. The van der Waals surface area contributed by atoms with Crippen molar-refractivity contribution in [3.05, 3.63) is 53.7 Å². The van der Waals surface area contributed by atoms with Crippen LogP contribution in [0.15, 0.2) is 42.6 Å². The molecule has 0 amide bonds. The van der Waals surface area contributed by atoms with Crippen LogP contribution in [0.25, 0.3) is 0 Å². The van der Waals surface area contributed by atoms with Gasteiger partial charge in [-0.15, -0.1) is 0 Å². The van der Waals surface area contributed by atoms with Gasteiger partial charge in [-0.1, -0.05) is 12.1 Å². The van der Waals surface area contributed by atoms with Gasteiger partial charge in [-0.2, -0.15) is 0 Å². The fourth-order valence-electron chi connectivity index (χ4n) is 1.65. The maximum absolute atomic E-state index is 10.9. The topological polar surface area (TPSA) is 79.7 Å². The number of benzene rings is 1. The van der Waals surface area contributed by atoms with Crippen molar-refractivity contribution in [1.82, 2.24) is 4.98 Å². The van der Waals surface area contributed by atoms with E-state index in [0.717, 1.165) is 5.56 Å². The molecule has 0 saturated heterocycles. The highest BCUT2D eigenvalue weighted by Crippen LogP contribution is 2.24. The number of nitrogens with zero attached hydrogens (tertiary/aromatic N) is 1. The zero-order valence-electron chi connectivity index (χ0n) is 11.2. The van der Waals surface area contributed by atoms with Gasteiger partial charge in [0, 0.05) is 17.8 Å². The first-order valence-corrected chi connectivity index (χ1v) is 6.06. The van der Waals surface area contributed by atoms with Gasteiger partial charge in [0.25, 0.3) is 0 Å². The van der Waals surface area contributed by atoms with Crippen LogP contribution in [-0.2, 0) is 10.4 Å². The fraction of sp³-hybridized carbons (Fsp3) is 0.200. The molecule has 2 aromatic rings. The molecule has 0 fully saturated rings. The summed E-state index contributed by atoms with van der Waals surface area (Å²) >= 11 is 0. The number of hydrogen-bond acceptors (Lipinski definition) is 4. The first-order valence-electron chi connectivity index (χ1n) is 6.06. The van der Waals surface area contributed by atoms with Crippen molar-refractivity contribution in [3.63, 3.8) is 0 Å². The standard InChI is InChI=1S/C15H15NO4/c1-10-4-3-5-12(8-10)20-13-7-6-11(9-16-13)15(2,19)14(17)18/h3-9,19H,1-2H3,(H,17,18). The molecule has 20 heavy (non-hydrogen) atoms. The highest BCUT2D eigenvalue weighted by atomic mass is 16.5. The number of rotatable bonds is 4.